The lowest BCUT2D eigenvalue weighted by molar-refractivity contribution is 0.286. The second-order valence-electron chi connectivity index (χ2n) is 8.06. The van der Waals surface area contributed by atoms with Crippen LogP contribution in [-0.2, 0) is 16.4 Å². The summed E-state index contributed by atoms with van der Waals surface area (Å²) in [5, 5.41) is 3.29. The highest BCUT2D eigenvalue weighted by atomic mass is 35.5. The summed E-state index contributed by atoms with van der Waals surface area (Å²) in [6, 6.07) is 6.95. The number of nitrogens with one attached hydrogen (secondary N) is 1. The normalized spacial score (nSPS) is 18.1. The number of benzene rings is 1. The largest absolute Gasteiger partial charge is 0.319 e. The van der Waals surface area contributed by atoms with Crippen molar-refractivity contribution in [2.45, 2.75) is 57.9 Å². The lowest BCUT2D eigenvalue weighted by Gasteiger charge is -2.41. The van der Waals surface area contributed by atoms with Crippen LogP contribution >= 0.6 is 12.4 Å². The Kier molecular flexibility index (Phi) is 4.65. The average molecular weight is 297 g/mol. The molecule has 1 aliphatic heterocycles. The van der Waals surface area contributed by atoms with Crippen LogP contribution in [0.4, 0.5) is 0 Å². The zero-order valence-corrected chi connectivity index (χ0v) is 14.4. The van der Waals surface area contributed by atoms with Gasteiger partial charge in [0.1, 0.15) is 0 Å². The Hall–Kier alpha value is -0.570. The number of hydrogen-bond donors (Lipinski definition) is 2. The first-order valence-corrected chi connectivity index (χ1v) is 7.18. The second-order valence-corrected chi connectivity index (χ2v) is 8.06. The highest BCUT2D eigenvalue weighted by Gasteiger charge is 2.35. The highest BCUT2D eigenvalue weighted by Crippen LogP contribution is 2.34. The minimum absolute atomic E-state index is 0. The molecule has 3 heteroatoms. The first-order chi connectivity index (χ1) is 8.52. The van der Waals surface area contributed by atoms with Crippen molar-refractivity contribution in [1.29, 1.82) is 0 Å². The van der Waals surface area contributed by atoms with E-state index in [9.17, 15) is 0 Å². The van der Waals surface area contributed by atoms with E-state index in [4.69, 9.17) is 5.73 Å². The van der Waals surface area contributed by atoms with Gasteiger partial charge in [-0.2, -0.15) is 0 Å². The molecule has 3 N–H and O–H groups in total. The van der Waals surface area contributed by atoms with Crippen LogP contribution < -0.4 is 11.1 Å². The van der Waals surface area contributed by atoms with E-state index in [1.807, 2.05) is 0 Å². The molecule has 1 fully saturated rings. The van der Waals surface area contributed by atoms with Gasteiger partial charge in [-0.05, 0) is 27.5 Å². The van der Waals surface area contributed by atoms with E-state index in [1.54, 1.807) is 0 Å². The van der Waals surface area contributed by atoms with Crippen molar-refractivity contribution in [3.05, 3.63) is 34.9 Å². The molecule has 114 valence electrons. The molecule has 1 heterocycles. The van der Waals surface area contributed by atoms with Crippen molar-refractivity contribution in [2.24, 2.45) is 5.73 Å². The third kappa shape index (κ3) is 3.36. The summed E-state index contributed by atoms with van der Waals surface area (Å²) in [6.07, 6.45) is 0. The molecule has 0 atom stereocenters. The van der Waals surface area contributed by atoms with E-state index in [1.165, 1.54) is 16.7 Å². The molecule has 0 saturated carbocycles. The monoisotopic (exact) mass is 296 g/mol. The van der Waals surface area contributed by atoms with Gasteiger partial charge in [0.05, 0.1) is 5.54 Å². The Labute approximate surface area is 129 Å². The second kappa shape index (κ2) is 5.32. The minimum atomic E-state index is -0.179. The fourth-order valence-corrected chi connectivity index (χ4v) is 2.38. The molecular formula is C17H29ClN2. The van der Waals surface area contributed by atoms with Crippen LogP contribution in [0.3, 0.4) is 0 Å². The van der Waals surface area contributed by atoms with Crippen molar-refractivity contribution in [1.82, 2.24) is 5.32 Å². The average Bonchev–Trinajstić information content (AvgIpc) is 2.23. The molecule has 0 unspecified atom stereocenters. The molecule has 0 aromatic heterocycles. The van der Waals surface area contributed by atoms with Gasteiger partial charge < -0.3 is 11.1 Å². The molecule has 2 nitrogen and oxygen atoms in total. The molecule has 0 aliphatic carbocycles. The van der Waals surface area contributed by atoms with Crippen LogP contribution in [-0.4, -0.2) is 13.1 Å². The molecule has 1 saturated heterocycles. The van der Waals surface area contributed by atoms with Crippen molar-refractivity contribution in [3.8, 4) is 0 Å². The van der Waals surface area contributed by atoms with Gasteiger partial charge in [-0.1, -0.05) is 59.7 Å². The van der Waals surface area contributed by atoms with E-state index in [-0.39, 0.29) is 28.8 Å². The van der Waals surface area contributed by atoms with Crippen LogP contribution in [0.25, 0.3) is 0 Å². The van der Waals surface area contributed by atoms with Gasteiger partial charge in [-0.25, -0.2) is 0 Å². The van der Waals surface area contributed by atoms with Gasteiger partial charge in [-0.15, -0.1) is 12.4 Å². The Morgan fingerprint density at radius 2 is 1.30 bits per heavy atom. The quantitative estimate of drug-likeness (QED) is 0.833. The Morgan fingerprint density at radius 3 is 1.55 bits per heavy atom. The molecule has 0 amide bonds. The summed E-state index contributed by atoms with van der Waals surface area (Å²) in [5.41, 5.74) is 10.7. The number of rotatable bonds is 1. The number of halogens is 1. The van der Waals surface area contributed by atoms with E-state index < -0.39 is 0 Å². The molecule has 1 aromatic carbocycles. The lowest BCUT2D eigenvalue weighted by Crippen LogP contribution is -2.62. The molecular weight excluding hydrogens is 268 g/mol. The maximum Gasteiger partial charge on any atom is 0.0662 e. The van der Waals surface area contributed by atoms with Gasteiger partial charge in [-0.3, -0.25) is 0 Å². The summed E-state index contributed by atoms with van der Waals surface area (Å²) in [6.45, 7) is 15.3. The fourth-order valence-electron chi connectivity index (χ4n) is 2.38. The van der Waals surface area contributed by atoms with Gasteiger partial charge >= 0.3 is 0 Å². The molecule has 0 radical (unpaired) electrons. The summed E-state index contributed by atoms with van der Waals surface area (Å²) in [7, 11) is 0. The van der Waals surface area contributed by atoms with Crippen LogP contribution in [0.1, 0.15) is 58.2 Å². The summed E-state index contributed by atoms with van der Waals surface area (Å²) < 4.78 is 0. The van der Waals surface area contributed by atoms with Crippen LogP contribution in [0.15, 0.2) is 18.2 Å². The zero-order valence-electron chi connectivity index (χ0n) is 13.6. The first kappa shape index (κ1) is 17.5. The third-order valence-corrected chi connectivity index (χ3v) is 4.12. The number of nitrogens with two attached hydrogens (primary N) is 1. The SMILES string of the molecule is CC(C)(C)c1cc(C(C)(C)C)cc(C2(N)CNC2)c1.Cl. The summed E-state index contributed by atoms with van der Waals surface area (Å²) in [4.78, 5) is 0. The maximum atomic E-state index is 6.49. The molecule has 1 aromatic rings. The van der Waals surface area contributed by atoms with Crippen molar-refractivity contribution >= 4 is 12.4 Å². The molecule has 2 rings (SSSR count). The minimum Gasteiger partial charge on any atom is -0.319 e. The highest BCUT2D eigenvalue weighted by molar-refractivity contribution is 5.85. The summed E-state index contributed by atoms with van der Waals surface area (Å²) in [5.74, 6) is 0. The maximum absolute atomic E-state index is 6.49. The standard InChI is InChI=1S/C17H28N2.ClH/c1-15(2,3)12-7-13(16(4,5)6)9-14(8-12)17(18)10-19-11-17;/h7-9,19H,10-11,18H2,1-6H3;1H. The van der Waals surface area contributed by atoms with Crippen LogP contribution in [0.2, 0.25) is 0 Å². The third-order valence-electron chi connectivity index (χ3n) is 4.12. The Bertz CT molecular complexity index is 444. The first-order valence-electron chi connectivity index (χ1n) is 7.18. The van der Waals surface area contributed by atoms with Crippen LogP contribution in [0.5, 0.6) is 0 Å². The lowest BCUT2D eigenvalue weighted by atomic mass is 9.75. The molecule has 0 spiro atoms. The van der Waals surface area contributed by atoms with Crippen molar-refractivity contribution in [3.63, 3.8) is 0 Å². The van der Waals surface area contributed by atoms with E-state index in [2.05, 4.69) is 65.1 Å². The smallest absolute Gasteiger partial charge is 0.0662 e. The predicted octanol–water partition coefficient (Wildman–Crippen LogP) is 3.46. The Morgan fingerprint density at radius 1 is 0.900 bits per heavy atom. The van der Waals surface area contributed by atoms with Gasteiger partial charge in [0.2, 0.25) is 0 Å². The number of hydrogen-bond acceptors (Lipinski definition) is 2. The molecule has 20 heavy (non-hydrogen) atoms. The van der Waals surface area contributed by atoms with Gasteiger partial charge in [0.15, 0.2) is 0 Å². The van der Waals surface area contributed by atoms with Crippen molar-refractivity contribution in [2.75, 3.05) is 13.1 Å². The van der Waals surface area contributed by atoms with Gasteiger partial charge in [0, 0.05) is 13.1 Å². The predicted molar refractivity (Wildman–Crippen MR) is 89.8 cm³/mol. The molecule has 1 aliphatic rings. The van der Waals surface area contributed by atoms with Gasteiger partial charge in [0.25, 0.3) is 0 Å². The van der Waals surface area contributed by atoms with Crippen LogP contribution in [0, 0.1) is 0 Å². The van der Waals surface area contributed by atoms with E-state index >= 15 is 0 Å². The van der Waals surface area contributed by atoms with E-state index in [0.717, 1.165) is 13.1 Å². The van der Waals surface area contributed by atoms with E-state index in [0.29, 0.717) is 0 Å². The topological polar surface area (TPSA) is 38.0 Å². The molecule has 0 bridgehead atoms. The Balaban J connectivity index is 0.00000200. The van der Waals surface area contributed by atoms with Crippen molar-refractivity contribution < 1.29 is 0 Å². The fraction of sp³-hybridized carbons (Fsp3) is 0.647. The zero-order chi connectivity index (χ0) is 14.5. The summed E-state index contributed by atoms with van der Waals surface area (Å²) >= 11 is 0.